The van der Waals surface area contributed by atoms with Crippen molar-refractivity contribution in [1.29, 1.82) is 0 Å². The first-order valence-electron chi connectivity index (χ1n) is 6.64. The van der Waals surface area contributed by atoms with Crippen molar-refractivity contribution in [3.63, 3.8) is 0 Å². The molecule has 0 radical (unpaired) electrons. The first-order chi connectivity index (χ1) is 9.56. The number of benzene rings is 1. The SMILES string of the molecule is Cc1ccc([C@@H]2S[C@@H](C)C(=O)Nc3n[nH]c(C)c32)cc1. The van der Waals surface area contributed by atoms with Gasteiger partial charge in [0.15, 0.2) is 5.82 Å². The molecule has 1 aromatic carbocycles. The molecule has 0 bridgehead atoms. The number of carbonyl (C=O) groups is 1. The highest BCUT2D eigenvalue weighted by molar-refractivity contribution is 8.01. The van der Waals surface area contributed by atoms with Crippen LogP contribution in [0.3, 0.4) is 0 Å². The summed E-state index contributed by atoms with van der Waals surface area (Å²) in [6, 6.07) is 8.48. The quantitative estimate of drug-likeness (QED) is 0.847. The second-order valence-corrected chi connectivity index (χ2v) is 6.62. The highest BCUT2D eigenvalue weighted by Crippen LogP contribution is 2.44. The van der Waals surface area contributed by atoms with E-state index in [2.05, 4.69) is 46.7 Å². The molecule has 0 unspecified atom stereocenters. The Morgan fingerprint density at radius 2 is 1.90 bits per heavy atom. The lowest BCUT2D eigenvalue weighted by Crippen LogP contribution is -2.21. The third-order valence-corrected chi connectivity index (χ3v) is 4.99. The Hall–Kier alpha value is -1.75. The summed E-state index contributed by atoms with van der Waals surface area (Å²) in [6.07, 6.45) is 0. The molecule has 20 heavy (non-hydrogen) atoms. The lowest BCUT2D eigenvalue weighted by molar-refractivity contribution is -0.115. The van der Waals surface area contributed by atoms with E-state index in [0.29, 0.717) is 5.82 Å². The van der Waals surface area contributed by atoms with Gasteiger partial charge in [-0.1, -0.05) is 29.8 Å². The summed E-state index contributed by atoms with van der Waals surface area (Å²) in [5.74, 6) is 0.673. The number of amides is 1. The van der Waals surface area contributed by atoms with Crippen molar-refractivity contribution in [1.82, 2.24) is 10.2 Å². The number of anilines is 1. The van der Waals surface area contributed by atoms with Gasteiger partial charge in [0, 0.05) is 11.3 Å². The van der Waals surface area contributed by atoms with Gasteiger partial charge in [0.25, 0.3) is 0 Å². The van der Waals surface area contributed by atoms with E-state index >= 15 is 0 Å². The number of aryl methyl sites for hydroxylation is 2. The van der Waals surface area contributed by atoms with Crippen LogP contribution in [0.15, 0.2) is 24.3 Å². The number of thioether (sulfide) groups is 1. The molecule has 3 rings (SSSR count). The van der Waals surface area contributed by atoms with Crippen LogP contribution in [-0.4, -0.2) is 21.4 Å². The molecule has 1 aliphatic rings. The Kier molecular flexibility index (Phi) is 3.30. The number of fused-ring (bicyclic) bond motifs is 1. The minimum atomic E-state index is -0.102. The lowest BCUT2D eigenvalue weighted by Gasteiger charge is -2.17. The maximum absolute atomic E-state index is 12.0. The second kappa shape index (κ2) is 4.98. The normalized spacial score (nSPS) is 22.1. The summed E-state index contributed by atoms with van der Waals surface area (Å²) in [6.45, 7) is 6.01. The first kappa shape index (κ1) is 13.2. The molecule has 2 N–H and O–H groups in total. The van der Waals surface area contributed by atoms with E-state index in [9.17, 15) is 4.79 Å². The topological polar surface area (TPSA) is 57.8 Å². The maximum atomic E-state index is 12.0. The molecule has 104 valence electrons. The average molecular weight is 287 g/mol. The highest BCUT2D eigenvalue weighted by atomic mass is 32.2. The Balaban J connectivity index is 2.10. The Bertz CT molecular complexity index is 648. The highest BCUT2D eigenvalue weighted by Gasteiger charge is 2.31. The third kappa shape index (κ3) is 2.22. The van der Waals surface area contributed by atoms with Crippen molar-refractivity contribution >= 4 is 23.5 Å². The van der Waals surface area contributed by atoms with Gasteiger partial charge in [0.05, 0.1) is 10.5 Å². The molecule has 0 aliphatic carbocycles. The van der Waals surface area contributed by atoms with Crippen molar-refractivity contribution in [2.45, 2.75) is 31.3 Å². The molecule has 0 saturated carbocycles. The van der Waals surface area contributed by atoms with Crippen LogP contribution in [0.25, 0.3) is 0 Å². The fourth-order valence-electron chi connectivity index (χ4n) is 2.39. The van der Waals surface area contributed by atoms with Crippen LogP contribution < -0.4 is 5.32 Å². The summed E-state index contributed by atoms with van der Waals surface area (Å²) >= 11 is 1.66. The largest absolute Gasteiger partial charge is 0.308 e. The average Bonchev–Trinajstić information content (AvgIpc) is 2.71. The molecular weight excluding hydrogens is 270 g/mol. The molecule has 0 fully saturated rings. The van der Waals surface area contributed by atoms with Gasteiger partial charge in [-0.2, -0.15) is 5.10 Å². The predicted molar refractivity (Wildman–Crippen MR) is 82.0 cm³/mol. The molecule has 5 heteroatoms. The van der Waals surface area contributed by atoms with Crippen LogP contribution >= 0.6 is 11.8 Å². The van der Waals surface area contributed by atoms with Crippen molar-refractivity contribution in [2.75, 3.05) is 5.32 Å². The van der Waals surface area contributed by atoms with E-state index in [0.717, 1.165) is 11.3 Å². The van der Waals surface area contributed by atoms with Crippen LogP contribution in [0.1, 0.15) is 34.6 Å². The van der Waals surface area contributed by atoms with Crippen molar-refractivity contribution in [2.24, 2.45) is 0 Å². The Morgan fingerprint density at radius 1 is 1.20 bits per heavy atom. The molecule has 1 aromatic heterocycles. The van der Waals surface area contributed by atoms with Gasteiger partial charge in [-0.25, -0.2) is 0 Å². The van der Waals surface area contributed by atoms with Crippen LogP contribution in [0.5, 0.6) is 0 Å². The zero-order valence-electron chi connectivity index (χ0n) is 11.7. The Morgan fingerprint density at radius 3 is 2.60 bits per heavy atom. The lowest BCUT2D eigenvalue weighted by atomic mass is 10.0. The zero-order valence-corrected chi connectivity index (χ0v) is 12.5. The molecule has 2 atom stereocenters. The summed E-state index contributed by atoms with van der Waals surface area (Å²) in [5, 5.41) is 10.1. The summed E-state index contributed by atoms with van der Waals surface area (Å²) in [5.41, 5.74) is 4.53. The monoisotopic (exact) mass is 287 g/mol. The van der Waals surface area contributed by atoms with Crippen molar-refractivity contribution in [3.8, 4) is 0 Å². The minimum absolute atomic E-state index is 0.0114. The Labute approximate surface area is 122 Å². The van der Waals surface area contributed by atoms with E-state index in [1.807, 2.05) is 13.8 Å². The van der Waals surface area contributed by atoms with Crippen LogP contribution in [0.2, 0.25) is 0 Å². The summed E-state index contributed by atoms with van der Waals surface area (Å²) in [7, 11) is 0. The fourth-order valence-corrected chi connectivity index (χ4v) is 3.72. The standard InChI is InChI=1S/C15H17N3OS/c1-8-4-6-11(7-5-8)13-12-9(2)17-18-14(12)16-15(19)10(3)20-13/h4-7,10,13H,1-3H3,(H2,16,17,18,19)/t10-,13-/m0/s1. The van der Waals surface area contributed by atoms with Gasteiger partial charge in [0.1, 0.15) is 0 Å². The number of rotatable bonds is 1. The van der Waals surface area contributed by atoms with Gasteiger partial charge in [-0.05, 0) is 26.3 Å². The number of aromatic nitrogens is 2. The number of nitrogens with zero attached hydrogens (tertiary/aromatic N) is 1. The van der Waals surface area contributed by atoms with Crippen LogP contribution in [0, 0.1) is 13.8 Å². The zero-order chi connectivity index (χ0) is 14.3. The third-order valence-electron chi connectivity index (χ3n) is 3.59. The van der Waals surface area contributed by atoms with Crippen molar-refractivity contribution < 1.29 is 4.79 Å². The molecule has 1 aliphatic heterocycles. The molecular formula is C15H17N3OS. The first-order valence-corrected chi connectivity index (χ1v) is 7.58. The van der Waals surface area contributed by atoms with Crippen LogP contribution in [0.4, 0.5) is 5.82 Å². The molecule has 4 nitrogen and oxygen atoms in total. The number of aromatic amines is 1. The van der Waals surface area contributed by atoms with Gasteiger partial charge in [-0.15, -0.1) is 11.8 Å². The van der Waals surface area contributed by atoms with Gasteiger partial charge < -0.3 is 5.32 Å². The molecule has 1 amide bonds. The fraction of sp³-hybridized carbons (Fsp3) is 0.333. The van der Waals surface area contributed by atoms with E-state index in [1.165, 1.54) is 11.1 Å². The smallest absolute Gasteiger partial charge is 0.238 e. The summed E-state index contributed by atoms with van der Waals surface area (Å²) in [4.78, 5) is 12.0. The van der Waals surface area contributed by atoms with E-state index < -0.39 is 0 Å². The van der Waals surface area contributed by atoms with Gasteiger partial charge >= 0.3 is 0 Å². The van der Waals surface area contributed by atoms with E-state index in [-0.39, 0.29) is 16.4 Å². The number of carbonyl (C=O) groups excluding carboxylic acids is 1. The maximum Gasteiger partial charge on any atom is 0.238 e. The molecule has 0 saturated heterocycles. The number of hydrogen-bond acceptors (Lipinski definition) is 3. The van der Waals surface area contributed by atoms with Gasteiger partial charge in [-0.3, -0.25) is 9.89 Å². The number of H-pyrrole nitrogens is 1. The minimum Gasteiger partial charge on any atom is -0.308 e. The van der Waals surface area contributed by atoms with Crippen molar-refractivity contribution in [3.05, 3.63) is 46.6 Å². The number of hydrogen-bond donors (Lipinski definition) is 2. The predicted octanol–water partition coefficient (Wildman–Crippen LogP) is 3.19. The summed E-state index contributed by atoms with van der Waals surface area (Å²) < 4.78 is 0. The van der Waals surface area contributed by atoms with E-state index in [4.69, 9.17) is 0 Å². The molecule has 2 heterocycles. The second-order valence-electron chi connectivity index (χ2n) is 5.17. The number of nitrogens with one attached hydrogen (secondary N) is 2. The van der Waals surface area contributed by atoms with E-state index in [1.54, 1.807) is 11.8 Å². The van der Waals surface area contributed by atoms with Gasteiger partial charge in [0.2, 0.25) is 5.91 Å². The van der Waals surface area contributed by atoms with Crippen LogP contribution in [-0.2, 0) is 4.79 Å². The molecule has 2 aromatic rings. The molecule has 0 spiro atoms.